The Labute approximate surface area is 94.0 Å². The Kier molecular flexibility index (Phi) is 2.47. The minimum Gasteiger partial charge on any atom is -0.496 e. The number of methoxy groups -OCH3 is 1. The molecule has 1 aliphatic carbocycles. The Morgan fingerprint density at radius 3 is 2.53 bits per heavy atom. The van der Waals surface area contributed by atoms with Gasteiger partial charge >= 0.3 is 0 Å². The molecule has 0 bridgehead atoms. The van der Waals surface area contributed by atoms with E-state index in [1.165, 1.54) is 7.11 Å². The standard InChI is InChI=1S/C10H9BrF2O2/c1-15-6-4-5(12)8(11)9(13)7(6)10(14)2-3-10/h4,14H,2-3H2,1H3. The summed E-state index contributed by atoms with van der Waals surface area (Å²) in [5.41, 5.74) is -1.15. The van der Waals surface area contributed by atoms with Crippen LogP contribution in [0.1, 0.15) is 18.4 Å². The largest absolute Gasteiger partial charge is 0.496 e. The molecule has 0 saturated heterocycles. The second kappa shape index (κ2) is 3.42. The minimum atomic E-state index is -1.19. The van der Waals surface area contributed by atoms with Crippen LogP contribution in [0.25, 0.3) is 0 Å². The van der Waals surface area contributed by atoms with Crippen molar-refractivity contribution in [1.29, 1.82) is 0 Å². The van der Waals surface area contributed by atoms with E-state index in [-0.39, 0.29) is 15.8 Å². The molecule has 0 radical (unpaired) electrons. The van der Waals surface area contributed by atoms with Crippen molar-refractivity contribution in [2.45, 2.75) is 18.4 Å². The average molecular weight is 279 g/mol. The third kappa shape index (κ3) is 1.63. The van der Waals surface area contributed by atoms with Gasteiger partial charge < -0.3 is 9.84 Å². The highest BCUT2D eigenvalue weighted by Crippen LogP contribution is 2.51. The van der Waals surface area contributed by atoms with Gasteiger partial charge in [-0.25, -0.2) is 8.78 Å². The fraction of sp³-hybridized carbons (Fsp3) is 0.400. The molecule has 2 nitrogen and oxygen atoms in total. The van der Waals surface area contributed by atoms with Crippen LogP contribution in [0.5, 0.6) is 5.75 Å². The maximum atomic E-state index is 13.7. The molecule has 1 aromatic rings. The van der Waals surface area contributed by atoms with Gasteiger partial charge in [-0.15, -0.1) is 0 Å². The fourth-order valence-corrected chi connectivity index (χ4v) is 1.85. The highest BCUT2D eigenvalue weighted by Gasteiger charge is 2.47. The molecule has 0 amide bonds. The van der Waals surface area contributed by atoms with Crippen molar-refractivity contribution < 1.29 is 18.6 Å². The molecule has 5 heteroatoms. The molecule has 82 valence electrons. The molecule has 2 rings (SSSR count). The molecule has 0 spiro atoms. The second-order valence-corrected chi connectivity index (χ2v) is 4.39. The van der Waals surface area contributed by atoms with Crippen LogP contribution in [-0.2, 0) is 5.60 Å². The summed E-state index contributed by atoms with van der Waals surface area (Å²) in [6.45, 7) is 0. The maximum absolute atomic E-state index is 13.7. The van der Waals surface area contributed by atoms with Gasteiger partial charge in [0.05, 0.1) is 22.7 Å². The van der Waals surface area contributed by atoms with Crippen molar-refractivity contribution in [1.82, 2.24) is 0 Å². The van der Waals surface area contributed by atoms with Crippen LogP contribution in [0.3, 0.4) is 0 Å². The van der Waals surface area contributed by atoms with Crippen LogP contribution in [0.2, 0.25) is 0 Å². The lowest BCUT2D eigenvalue weighted by Gasteiger charge is -2.15. The predicted octanol–water partition coefficient (Wildman–Crippen LogP) is 2.72. The third-order valence-corrected chi connectivity index (χ3v) is 3.26. The summed E-state index contributed by atoms with van der Waals surface area (Å²) in [4.78, 5) is 0. The molecule has 0 unspecified atom stereocenters. The number of aliphatic hydroxyl groups is 1. The van der Waals surface area contributed by atoms with Crippen molar-refractivity contribution in [3.8, 4) is 5.75 Å². The van der Waals surface area contributed by atoms with Crippen molar-refractivity contribution in [3.05, 3.63) is 27.7 Å². The molecule has 1 fully saturated rings. The summed E-state index contributed by atoms with van der Waals surface area (Å²) >= 11 is 2.80. The van der Waals surface area contributed by atoms with Crippen LogP contribution in [0, 0.1) is 11.6 Å². The van der Waals surface area contributed by atoms with E-state index in [0.717, 1.165) is 6.07 Å². The molecule has 0 heterocycles. The van der Waals surface area contributed by atoms with Gasteiger partial charge in [0.25, 0.3) is 0 Å². The predicted molar refractivity (Wildman–Crippen MR) is 53.7 cm³/mol. The van der Waals surface area contributed by atoms with Crippen LogP contribution >= 0.6 is 15.9 Å². The number of hydrogen-bond acceptors (Lipinski definition) is 2. The van der Waals surface area contributed by atoms with Crippen LogP contribution in [0.4, 0.5) is 8.78 Å². The monoisotopic (exact) mass is 278 g/mol. The zero-order valence-electron chi connectivity index (χ0n) is 7.98. The zero-order chi connectivity index (χ0) is 11.2. The number of hydrogen-bond donors (Lipinski definition) is 1. The van der Waals surface area contributed by atoms with Gasteiger partial charge in [-0.05, 0) is 28.8 Å². The van der Waals surface area contributed by atoms with E-state index in [0.29, 0.717) is 12.8 Å². The van der Waals surface area contributed by atoms with E-state index in [9.17, 15) is 13.9 Å². The Bertz CT molecular complexity index is 416. The SMILES string of the molecule is COc1cc(F)c(Br)c(F)c1C1(O)CC1. The molecule has 0 atom stereocenters. The molecular weight excluding hydrogens is 270 g/mol. The maximum Gasteiger partial charge on any atom is 0.150 e. The lowest BCUT2D eigenvalue weighted by molar-refractivity contribution is 0.142. The average Bonchev–Trinajstić information content (AvgIpc) is 2.92. The Morgan fingerprint density at radius 1 is 1.47 bits per heavy atom. The van der Waals surface area contributed by atoms with E-state index in [1.54, 1.807) is 0 Å². The normalized spacial score (nSPS) is 17.7. The summed E-state index contributed by atoms with van der Waals surface area (Å²) in [5.74, 6) is -1.47. The van der Waals surface area contributed by atoms with Gasteiger partial charge in [0.2, 0.25) is 0 Å². The summed E-state index contributed by atoms with van der Waals surface area (Å²) in [6.07, 6.45) is 0.941. The quantitative estimate of drug-likeness (QED) is 0.843. The third-order valence-electron chi connectivity index (χ3n) is 2.53. The fourth-order valence-electron chi connectivity index (χ4n) is 1.54. The number of halogens is 3. The van der Waals surface area contributed by atoms with Crippen molar-refractivity contribution in [2.24, 2.45) is 0 Å². The summed E-state index contributed by atoms with van der Waals surface area (Å²) < 4.78 is 31.5. The van der Waals surface area contributed by atoms with Gasteiger partial charge in [-0.2, -0.15) is 0 Å². The molecule has 15 heavy (non-hydrogen) atoms. The lowest BCUT2D eigenvalue weighted by Crippen LogP contribution is -2.11. The number of ether oxygens (including phenoxy) is 1. The van der Waals surface area contributed by atoms with Gasteiger partial charge in [0.15, 0.2) is 0 Å². The first kappa shape index (κ1) is 10.8. The molecular formula is C10H9BrF2O2. The molecule has 0 aliphatic heterocycles. The summed E-state index contributed by atoms with van der Waals surface area (Å²) in [6, 6.07) is 1.07. The molecule has 1 N–H and O–H groups in total. The minimum absolute atomic E-state index is 0.0401. The second-order valence-electron chi connectivity index (χ2n) is 3.60. The van der Waals surface area contributed by atoms with Crippen LogP contribution in [0.15, 0.2) is 10.5 Å². The van der Waals surface area contributed by atoms with Gasteiger partial charge in [-0.3, -0.25) is 0 Å². The van der Waals surface area contributed by atoms with E-state index >= 15 is 0 Å². The van der Waals surface area contributed by atoms with Gasteiger partial charge in [0, 0.05) is 6.07 Å². The van der Waals surface area contributed by atoms with Crippen LogP contribution < -0.4 is 4.74 Å². The summed E-state index contributed by atoms with van der Waals surface area (Å²) in [5, 5.41) is 9.84. The van der Waals surface area contributed by atoms with Gasteiger partial charge in [0.1, 0.15) is 17.4 Å². The highest BCUT2D eigenvalue weighted by atomic mass is 79.9. The van der Waals surface area contributed by atoms with E-state index < -0.39 is 17.2 Å². The van der Waals surface area contributed by atoms with Crippen molar-refractivity contribution in [2.75, 3.05) is 7.11 Å². The van der Waals surface area contributed by atoms with Crippen molar-refractivity contribution in [3.63, 3.8) is 0 Å². The molecule has 1 aliphatic rings. The first-order valence-corrected chi connectivity index (χ1v) is 5.23. The van der Waals surface area contributed by atoms with E-state index in [4.69, 9.17) is 4.74 Å². The van der Waals surface area contributed by atoms with Crippen LogP contribution in [-0.4, -0.2) is 12.2 Å². The molecule has 1 aromatic carbocycles. The highest BCUT2D eigenvalue weighted by molar-refractivity contribution is 9.10. The number of rotatable bonds is 2. The smallest absolute Gasteiger partial charge is 0.150 e. The molecule has 0 aromatic heterocycles. The van der Waals surface area contributed by atoms with Crippen molar-refractivity contribution >= 4 is 15.9 Å². The Morgan fingerprint density at radius 2 is 2.07 bits per heavy atom. The number of benzene rings is 1. The first-order chi connectivity index (χ1) is 6.99. The Balaban J connectivity index is 2.65. The topological polar surface area (TPSA) is 29.5 Å². The van der Waals surface area contributed by atoms with Gasteiger partial charge in [-0.1, -0.05) is 0 Å². The summed E-state index contributed by atoms with van der Waals surface area (Å²) in [7, 11) is 1.32. The van der Waals surface area contributed by atoms with E-state index in [2.05, 4.69) is 15.9 Å². The van der Waals surface area contributed by atoms with E-state index in [1.807, 2.05) is 0 Å². The Hall–Kier alpha value is -0.680. The zero-order valence-corrected chi connectivity index (χ0v) is 9.57. The first-order valence-electron chi connectivity index (χ1n) is 4.44. The lowest BCUT2D eigenvalue weighted by atomic mass is 10.1. The molecule has 1 saturated carbocycles.